The lowest BCUT2D eigenvalue weighted by atomic mass is 10.1. The van der Waals surface area contributed by atoms with Crippen molar-refractivity contribution in [1.82, 2.24) is 14.9 Å². The minimum absolute atomic E-state index is 0.0334. The molecule has 0 atom stereocenters. The number of furan rings is 1. The first-order chi connectivity index (χ1) is 12.6. The number of benzene rings is 1. The first kappa shape index (κ1) is 16.3. The summed E-state index contributed by atoms with van der Waals surface area (Å²) in [5, 5.41) is 8.94. The van der Waals surface area contributed by atoms with Crippen LogP contribution in [0.5, 0.6) is 0 Å². The van der Waals surface area contributed by atoms with Crippen LogP contribution < -0.4 is 5.73 Å². The van der Waals surface area contributed by atoms with Crippen LogP contribution in [0.15, 0.2) is 47.0 Å². The second-order valence-corrected chi connectivity index (χ2v) is 6.32. The fraction of sp³-hybridized carbons (Fsp3) is 0.211. The topological polar surface area (TPSA) is 105 Å². The highest BCUT2D eigenvalue weighted by Crippen LogP contribution is 2.23. The van der Waals surface area contributed by atoms with Crippen LogP contribution in [0.25, 0.3) is 11.4 Å². The van der Waals surface area contributed by atoms with Crippen molar-refractivity contribution in [2.24, 2.45) is 0 Å². The average Bonchev–Trinajstić information content (AvgIpc) is 3.11. The molecule has 1 aromatic carbocycles. The molecule has 0 aliphatic carbocycles. The van der Waals surface area contributed by atoms with E-state index in [1.54, 1.807) is 6.07 Å². The van der Waals surface area contributed by atoms with Crippen LogP contribution in [0.1, 0.15) is 27.6 Å². The van der Waals surface area contributed by atoms with Gasteiger partial charge in [0.15, 0.2) is 5.82 Å². The molecule has 7 nitrogen and oxygen atoms in total. The molecule has 7 heteroatoms. The van der Waals surface area contributed by atoms with Gasteiger partial charge in [-0.05, 0) is 36.4 Å². The van der Waals surface area contributed by atoms with Crippen molar-refractivity contribution in [3.05, 3.63) is 65.4 Å². The van der Waals surface area contributed by atoms with Gasteiger partial charge >= 0.3 is 5.97 Å². The highest BCUT2D eigenvalue weighted by molar-refractivity contribution is 5.84. The second-order valence-electron chi connectivity index (χ2n) is 6.32. The zero-order chi connectivity index (χ0) is 18.1. The zero-order valence-corrected chi connectivity index (χ0v) is 14.1. The summed E-state index contributed by atoms with van der Waals surface area (Å²) in [6.45, 7) is 2.10. The fourth-order valence-corrected chi connectivity index (χ4v) is 3.08. The number of hydrogen-bond acceptors (Lipinski definition) is 6. The average molecular weight is 350 g/mol. The number of carboxylic acid groups (broad SMARTS) is 1. The van der Waals surface area contributed by atoms with Gasteiger partial charge in [0, 0.05) is 42.5 Å². The molecule has 0 bridgehead atoms. The lowest BCUT2D eigenvalue weighted by molar-refractivity contribution is 0.0658. The summed E-state index contributed by atoms with van der Waals surface area (Å²) in [4.78, 5) is 22.3. The van der Waals surface area contributed by atoms with Gasteiger partial charge in [-0.1, -0.05) is 0 Å². The molecule has 0 fully saturated rings. The van der Waals surface area contributed by atoms with Crippen molar-refractivity contribution in [1.29, 1.82) is 0 Å². The summed E-state index contributed by atoms with van der Waals surface area (Å²) >= 11 is 0. The van der Waals surface area contributed by atoms with Gasteiger partial charge in [-0.3, -0.25) is 4.90 Å². The van der Waals surface area contributed by atoms with Crippen molar-refractivity contribution >= 4 is 11.7 Å². The Balaban J connectivity index is 1.48. The first-order valence-corrected chi connectivity index (χ1v) is 8.33. The van der Waals surface area contributed by atoms with E-state index >= 15 is 0 Å². The standard InChI is InChI=1S/C19H18N4O3/c20-14-3-1-12(2-4-14)18-21-9-13-10-23(8-7-16(13)22-18)11-15-5-6-17(26-15)19(24)25/h1-6,9H,7-8,10-11,20H2,(H,24,25). The van der Waals surface area contributed by atoms with Crippen LogP contribution in [-0.2, 0) is 19.5 Å². The molecule has 0 saturated heterocycles. The van der Waals surface area contributed by atoms with Gasteiger partial charge in [-0.15, -0.1) is 0 Å². The van der Waals surface area contributed by atoms with Gasteiger partial charge in [0.05, 0.1) is 12.2 Å². The molecule has 0 radical (unpaired) electrons. The van der Waals surface area contributed by atoms with Crippen molar-refractivity contribution in [3.63, 3.8) is 0 Å². The van der Waals surface area contributed by atoms with E-state index in [1.165, 1.54) is 6.07 Å². The van der Waals surface area contributed by atoms with Crippen molar-refractivity contribution in [2.75, 3.05) is 12.3 Å². The van der Waals surface area contributed by atoms with E-state index in [0.717, 1.165) is 29.8 Å². The number of carbonyl (C=O) groups is 1. The quantitative estimate of drug-likeness (QED) is 0.697. The van der Waals surface area contributed by atoms with E-state index in [0.29, 0.717) is 30.4 Å². The number of fused-ring (bicyclic) bond motifs is 1. The normalized spacial score (nSPS) is 14.2. The SMILES string of the molecule is Nc1ccc(-c2ncc3c(n2)CCN(Cc2ccc(C(=O)O)o2)C3)cc1. The molecule has 26 heavy (non-hydrogen) atoms. The molecule has 3 aromatic rings. The number of nitrogens with two attached hydrogens (primary N) is 1. The van der Waals surface area contributed by atoms with Crippen molar-refractivity contribution in [3.8, 4) is 11.4 Å². The summed E-state index contributed by atoms with van der Waals surface area (Å²) in [5.41, 5.74) is 9.52. The Morgan fingerprint density at radius 2 is 2.04 bits per heavy atom. The molecule has 4 rings (SSSR count). The molecule has 132 valence electrons. The molecule has 0 unspecified atom stereocenters. The van der Waals surface area contributed by atoms with Gasteiger partial charge in [0.2, 0.25) is 5.76 Å². The minimum atomic E-state index is -1.05. The van der Waals surface area contributed by atoms with Crippen LogP contribution >= 0.6 is 0 Å². The molecule has 3 N–H and O–H groups in total. The fourth-order valence-electron chi connectivity index (χ4n) is 3.08. The van der Waals surface area contributed by atoms with E-state index in [-0.39, 0.29) is 5.76 Å². The lowest BCUT2D eigenvalue weighted by Crippen LogP contribution is -2.30. The Labute approximate surface area is 150 Å². The summed E-state index contributed by atoms with van der Waals surface area (Å²) in [6.07, 6.45) is 2.68. The number of aromatic nitrogens is 2. The van der Waals surface area contributed by atoms with Gasteiger partial charge in [0.25, 0.3) is 0 Å². The predicted octanol–water partition coefficient (Wildman–Crippen LogP) is 2.58. The van der Waals surface area contributed by atoms with Gasteiger partial charge < -0.3 is 15.3 Å². The maximum atomic E-state index is 10.9. The molecule has 2 aromatic heterocycles. The molecule has 0 spiro atoms. The number of nitrogen functional groups attached to an aromatic ring is 1. The van der Waals surface area contributed by atoms with E-state index in [4.69, 9.17) is 20.2 Å². The van der Waals surface area contributed by atoms with Crippen LogP contribution in [0.4, 0.5) is 5.69 Å². The van der Waals surface area contributed by atoms with Crippen LogP contribution in [-0.4, -0.2) is 32.5 Å². The number of aromatic carboxylic acids is 1. The number of hydrogen-bond donors (Lipinski definition) is 2. The first-order valence-electron chi connectivity index (χ1n) is 8.33. The van der Waals surface area contributed by atoms with E-state index in [9.17, 15) is 4.79 Å². The highest BCUT2D eigenvalue weighted by Gasteiger charge is 2.20. The molecular weight excluding hydrogens is 332 g/mol. The largest absolute Gasteiger partial charge is 0.475 e. The van der Waals surface area contributed by atoms with E-state index in [1.807, 2.05) is 30.5 Å². The smallest absolute Gasteiger partial charge is 0.371 e. The van der Waals surface area contributed by atoms with Crippen LogP contribution in [0.3, 0.4) is 0 Å². The second kappa shape index (κ2) is 6.61. The minimum Gasteiger partial charge on any atom is -0.475 e. The Morgan fingerprint density at radius 3 is 2.77 bits per heavy atom. The van der Waals surface area contributed by atoms with E-state index < -0.39 is 5.97 Å². The van der Waals surface area contributed by atoms with Gasteiger partial charge in [0.1, 0.15) is 5.76 Å². The molecule has 1 aliphatic heterocycles. The molecule has 0 amide bonds. The van der Waals surface area contributed by atoms with Crippen LogP contribution in [0.2, 0.25) is 0 Å². The third kappa shape index (κ3) is 3.29. The van der Waals surface area contributed by atoms with E-state index in [2.05, 4.69) is 9.88 Å². The third-order valence-corrected chi connectivity index (χ3v) is 4.43. The van der Waals surface area contributed by atoms with Crippen molar-refractivity contribution in [2.45, 2.75) is 19.5 Å². The maximum Gasteiger partial charge on any atom is 0.371 e. The van der Waals surface area contributed by atoms with Gasteiger partial charge in [-0.25, -0.2) is 14.8 Å². The lowest BCUT2D eigenvalue weighted by Gasteiger charge is -2.27. The molecule has 3 heterocycles. The van der Waals surface area contributed by atoms with Crippen LogP contribution in [0, 0.1) is 0 Å². The molecule has 0 saturated carbocycles. The number of rotatable bonds is 4. The summed E-state index contributed by atoms with van der Waals surface area (Å²) in [7, 11) is 0. The Morgan fingerprint density at radius 1 is 1.23 bits per heavy atom. The maximum absolute atomic E-state index is 10.9. The number of nitrogens with zero attached hydrogens (tertiary/aromatic N) is 3. The highest BCUT2D eigenvalue weighted by atomic mass is 16.4. The summed E-state index contributed by atoms with van der Waals surface area (Å²) in [5.74, 6) is 0.261. The Kier molecular flexibility index (Phi) is 4.14. The predicted molar refractivity (Wildman–Crippen MR) is 95.4 cm³/mol. The summed E-state index contributed by atoms with van der Waals surface area (Å²) < 4.78 is 5.34. The Hall–Kier alpha value is -3.19. The Bertz CT molecular complexity index is 950. The van der Waals surface area contributed by atoms with Crippen molar-refractivity contribution < 1.29 is 14.3 Å². The third-order valence-electron chi connectivity index (χ3n) is 4.43. The molecule has 1 aliphatic rings. The summed E-state index contributed by atoms with van der Waals surface area (Å²) in [6, 6.07) is 10.7. The number of anilines is 1. The number of carboxylic acids is 1. The zero-order valence-electron chi connectivity index (χ0n) is 14.1. The monoisotopic (exact) mass is 350 g/mol. The van der Waals surface area contributed by atoms with Gasteiger partial charge in [-0.2, -0.15) is 0 Å². The molecular formula is C19H18N4O3.